The number of aryl methyl sites for hydroxylation is 1. The van der Waals surface area contributed by atoms with Crippen molar-refractivity contribution in [2.24, 2.45) is 10.9 Å². The lowest BCUT2D eigenvalue weighted by Crippen LogP contribution is -2.16. The van der Waals surface area contributed by atoms with Gasteiger partial charge in [0, 0.05) is 12.6 Å². The van der Waals surface area contributed by atoms with Crippen LogP contribution in [-0.4, -0.2) is 23.3 Å². The molecule has 2 aromatic rings. The third-order valence-electron chi connectivity index (χ3n) is 2.95. The Bertz CT molecular complexity index is 637. The van der Waals surface area contributed by atoms with Gasteiger partial charge >= 0.3 is 0 Å². The number of aromatic nitrogens is 1. The minimum Gasteiger partial charge on any atom is -0.496 e. The van der Waals surface area contributed by atoms with Gasteiger partial charge in [0.05, 0.1) is 24.9 Å². The van der Waals surface area contributed by atoms with Gasteiger partial charge in [0.1, 0.15) is 5.75 Å². The van der Waals surface area contributed by atoms with Gasteiger partial charge in [0.2, 0.25) is 0 Å². The largest absolute Gasteiger partial charge is 0.496 e. The minimum atomic E-state index is 0.0135. The normalized spacial score (nSPS) is 11.6. The molecule has 0 saturated heterocycles. The van der Waals surface area contributed by atoms with Gasteiger partial charge < -0.3 is 25.5 Å². The lowest BCUT2D eigenvalue weighted by atomic mass is 10.1. The van der Waals surface area contributed by atoms with Crippen LogP contribution >= 0.6 is 0 Å². The van der Waals surface area contributed by atoms with Crippen molar-refractivity contribution in [1.29, 1.82) is 0 Å². The fourth-order valence-electron chi connectivity index (χ4n) is 1.95. The molecule has 0 aliphatic rings. The van der Waals surface area contributed by atoms with Gasteiger partial charge in [-0.3, -0.25) is 0 Å². The molecule has 1 aromatic heterocycles. The third-order valence-corrected chi connectivity index (χ3v) is 2.95. The Balaban J connectivity index is 2.03. The Labute approximate surface area is 122 Å². The highest BCUT2D eigenvalue weighted by Gasteiger charge is 2.09. The van der Waals surface area contributed by atoms with Crippen molar-refractivity contribution < 1.29 is 14.5 Å². The summed E-state index contributed by atoms with van der Waals surface area (Å²) < 4.78 is 10.3. The summed E-state index contributed by atoms with van der Waals surface area (Å²) in [6, 6.07) is 7.38. The summed E-state index contributed by atoms with van der Waals surface area (Å²) in [5.41, 5.74) is 8.02. The number of methoxy groups -OCH3 is 1. The molecule has 0 amide bonds. The third kappa shape index (κ3) is 3.73. The predicted octanol–water partition coefficient (Wildman–Crippen LogP) is 1.38. The van der Waals surface area contributed by atoms with Crippen LogP contribution in [0.1, 0.15) is 22.6 Å². The molecule has 0 spiro atoms. The number of nitrogens with one attached hydrogen (secondary N) is 1. The summed E-state index contributed by atoms with van der Waals surface area (Å²) in [6.45, 7) is 3.06. The smallest absolute Gasteiger partial charge is 0.173 e. The summed E-state index contributed by atoms with van der Waals surface area (Å²) in [5.74, 6) is 1.34. The van der Waals surface area contributed by atoms with Crippen molar-refractivity contribution in [1.82, 2.24) is 10.5 Å². The number of hydrogen-bond donors (Lipinski definition) is 3. The van der Waals surface area contributed by atoms with Crippen LogP contribution in [0.3, 0.4) is 0 Å². The standard InChI is InChI=1S/C14H18N4O3/c1-9-5-11(21-18-9)8-16-7-10-3-4-13(20-2)12(6-10)14(15)17-19/h3-6,16,19H,7-8H2,1-2H3,(H2,15,17). The highest BCUT2D eigenvalue weighted by atomic mass is 16.5. The highest BCUT2D eigenvalue weighted by molar-refractivity contribution is 5.99. The number of hydrogen-bond acceptors (Lipinski definition) is 6. The van der Waals surface area contributed by atoms with Crippen LogP contribution in [-0.2, 0) is 13.1 Å². The number of rotatable bonds is 6. The first-order valence-electron chi connectivity index (χ1n) is 6.41. The molecule has 112 valence electrons. The van der Waals surface area contributed by atoms with E-state index in [9.17, 15) is 0 Å². The van der Waals surface area contributed by atoms with E-state index in [1.807, 2.05) is 25.1 Å². The summed E-state index contributed by atoms with van der Waals surface area (Å²) in [6.07, 6.45) is 0. The molecule has 0 saturated carbocycles. The first-order valence-corrected chi connectivity index (χ1v) is 6.41. The number of nitrogens with two attached hydrogens (primary N) is 1. The van der Waals surface area contributed by atoms with Gasteiger partial charge in [0.15, 0.2) is 11.6 Å². The number of benzene rings is 1. The Morgan fingerprint density at radius 3 is 2.86 bits per heavy atom. The van der Waals surface area contributed by atoms with Gasteiger partial charge in [-0.1, -0.05) is 16.4 Å². The predicted molar refractivity (Wildman–Crippen MR) is 77.3 cm³/mol. The molecule has 0 aliphatic carbocycles. The lowest BCUT2D eigenvalue weighted by molar-refractivity contribution is 0.318. The lowest BCUT2D eigenvalue weighted by Gasteiger charge is -2.10. The monoisotopic (exact) mass is 290 g/mol. The fourth-order valence-corrected chi connectivity index (χ4v) is 1.95. The molecular weight excluding hydrogens is 272 g/mol. The van der Waals surface area contributed by atoms with E-state index >= 15 is 0 Å². The summed E-state index contributed by atoms with van der Waals surface area (Å²) >= 11 is 0. The molecule has 1 aromatic carbocycles. The van der Waals surface area contributed by atoms with Crippen LogP contribution in [0.2, 0.25) is 0 Å². The van der Waals surface area contributed by atoms with Crippen LogP contribution < -0.4 is 15.8 Å². The second-order valence-electron chi connectivity index (χ2n) is 4.56. The second-order valence-corrected chi connectivity index (χ2v) is 4.56. The van der Waals surface area contributed by atoms with Crippen LogP contribution in [0.25, 0.3) is 0 Å². The number of nitrogens with zero attached hydrogens (tertiary/aromatic N) is 2. The van der Waals surface area contributed by atoms with Gasteiger partial charge in [-0.15, -0.1) is 0 Å². The van der Waals surface area contributed by atoms with Crippen LogP contribution in [0.5, 0.6) is 5.75 Å². The van der Waals surface area contributed by atoms with E-state index in [0.29, 0.717) is 24.4 Å². The molecule has 0 atom stereocenters. The molecule has 7 nitrogen and oxygen atoms in total. The maximum atomic E-state index is 8.80. The Morgan fingerprint density at radius 1 is 1.43 bits per heavy atom. The maximum Gasteiger partial charge on any atom is 0.173 e. The molecule has 1 heterocycles. The highest BCUT2D eigenvalue weighted by Crippen LogP contribution is 2.19. The average molecular weight is 290 g/mol. The number of oxime groups is 1. The Morgan fingerprint density at radius 2 is 2.24 bits per heavy atom. The van der Waals surface area contributed by atoms with Crippen molar-refractivity contribution >= 4 is 5.84 Å². The molecule has 0 bridgehead atoms. The van der Waals surface area contributed by atoms with Crippen molar-refractivity contribution in [3.05, 3.63) is 46.8 Å². The van der Waals surface area contributed by atoms with E-state index in [0.717, 1.165) is 17.0 Å². The molecule has 0 radical (unpaired) electrons. The molecule has 0 fully saturated rings. The van der Waals surface area contributed by atoms with Crippen LogP contribution in [0, 0.1) is 6.92 Å². The topological polar surface area (TPSA) is 106 Å². The van der Waals surface area contributed by atoms with E-state index < -0.39 is 0 Å². The van der Waals surface area contributed by atoms with Crippen LogP contribution in [0.4, 0.5) is 0 Å². The van der Waals surface area contributed by atoms with Crippen molar-refractivity contribution in [2.75, 3.05) is 7.11 Å². The average Bonchev–Trinajstić information content (AvgIpc) is 2.91. The molecule has 0 unspecified atom stereocenters. The molecule has 0 aliphatic heterocycles. The summed E-state index contributed by atoms with van der Waals surface area (Å²) in [5, 5.41) is 18.9. The van der Waals surface area contributed by atoms with E-state index in [2.05, 4.69) is 15.6 Å². The zero-order valence-corrected chi connectivity index (χ0v) is 12.0. The molecule has 21 heavy (non-hydrogen) atoms. The first-order chi connectivity index (χ1) is 10.1. The van der Waals surface area contributed by atoms with E-state index in [4.69, 9.17) is 20.2 Å². The van der Waals surface area contributed by atoms with Crippen molar-refractivity contribution in [3.63, 3.8) is 0 Å². The van der Waals surface area contributed by atoms with E-state index in [1.165, 1.54) is 7.11 Å². The zero-order valence-electron chi connectivity index (χ0n) is 12.0. The van der Waals surface area contributed by atoms with E-state index in [1.54, 1.807) is 6.07 Å². The SMILES string of the molecule is COc1ccc(CNCc2cc(C)no2)cc1C(N)=NO. The van der Waals surface area contributed by atoms with Crippen LogP contribution in [0.15, 0.2) is 33.9 Å². The number of ether oxygens (including phenoxy) is 1. The zero-order chi connectivity index (χ0) is 15.2. The Kier molecular flexibility index (Phi) is 4.78. The fraction of sp³-hybridized carbons (Fsp3) is 0.286. The van der Waals surface area contributed by atoms with E-state index in [-0.39, 0.29) is 5.84 Å². The molecular formula is C14H18N4O3. The van der Waals surface area contributed by atoms with Crippen molar-refractivity contribution in [2.45, 2.75) is 20.0 Å². The van der Waals surface area contributed by atoms with Gasteiger partial charge in [0.25, 0.3) is 0 Å². The van der Waals surface area contributed by atoms with Gasteiger partial charge in [-0.2, -0.15) is 0 Å². The maximum absolute atomic E-state index is 8.80. The molecule has 7 heteroatoms. The Hall–Kier alpha value is -2.54. The molecule has 2 rings (SSSR count). The summed E-state index contributed by atoms with van der Waals surface area (Å²) in [7, 11) is 1.54. The van der Waals surface area contributed by atoms with Crippen molar-refractivity contribution in [3.8, 4) is 5.75 Å². The quantitative estimate of drug-likeness (QED) is 0.321. The second kappa shape index (κ2) is 6.76. The minimum absolute atomic E-state index is 0.0135. The number of amidine groups is 1. The summed E-state index contributed by atoms with van der Waals surface area (Å²) in [4.78, 5) is 0. The first kappa shape index (κ1) is 14.9. The van der Waals surface area contributed by atoms with Gasteiger partial charge in [-0.05, 0) is 24.6 Å². The molecule has 4 N–H and O–H groups in total. The van der Waals surface area contributed by atoms with Gasteiger partial charge in [-0.25, -0.2) is 0 Å².